The van der Waals surface area contributed by atoms with Crippen LogP contribution in [0.2, 0.25) is 0 Å². The molecule has 3 aliphatic carbocycles. The monoisotopic (exact) mass is 124 g/mol. The van der Waals surface area contributed by atoms with Gasteiger partial charge in [-0.15, -0.1) is 0 Å². The molecule has 0 unspecified atom stereocenters. The summed E-state index contributed by atoms with van der Waals surface area (Å²) in [6.07, 6.45) is 2.37. The maximum atomic E-state index is 11.3. The van der Waals surface area contributed by atoms with Gasteiger partial charge in [0.1, 0.15) is 5.78 Å². The van der Waals surface area contributed by atoms with E-state index in [1.54, 1.807) is 0 Å². The number of hydrogen-bond donors (Lipinski definition) is 0. The van der Waals surface area contributed by atoms with E-state index in [9.17, 15) is 4.79 Å². The van der Waals surface area contributed by atoms with Crippen molar-refractivity contribution in [2.24, 2.45) is 17.3 Å². The molecule has 0 aromatic heterocycles. The first-order valence-electron chi connectivity index (χ1n) is 3.66. The van der Waals surface area contributed by atoms with Gasteiger partial charge in [-0.1, -0.05) is 13.8 Å². The van der Waals surface area contributed by atoms with E-state index in [-0.39, 0.29) is 5.41 Å². The van der Waals surface area contributed by atoms with Gasteiger partial charge < -0.3 is 0 Å². The first-order chi connectivity index (χ1) is 4.12. The van der Waals surface area contributed by atoms with Gasteiger partial charge in [-0.05, 0) is 18.8 Å². The van der Waals surface area contributed by atoms with Crippen LogP contribution in [0.1, 0.15) is 26.7 Å². The van der Waals surface area contributed by atoms with Crippen molar-refractivity contribution in [1.82, 2.24) is 0 Å². The second kappa shape index (κ2) is 1.23. The van der Waals surface area contributed by atoms with E-state index in [0.29, 0.717) is 11.7 Å². The first kappa shape index (κ1) is 5.45. The van der Waals surface area contributed by atoms with Gasteiger partial charge >= 0.3 is 0 Å². The summed E-state index contributed by atoms with van der Waals surface area (Å²) >= 11 is 0. The summed E-state index contributed by atoms with van der Waals surface area (Å²) in [4.78, 5) is 11.3. The van der Waals surface area contributed by atoms with Crippen LogP contribution < -0.4 is 0 Å². The minimum atomic E-state index is 0.0463. The van der Waals surface area contributed by atoms with Gasteiger partial charge in [0.25, 0.3) is 0 Å². The fourth-order valence-corrected chi connectivity index (χ4v) is 2.15. The van der Waals surface area contributed by atoms with E-state index in [1.165, 1.54) is 12.8 Å². The average molecular weight is 124 g/mol. The van der Waals surface area contributed by atoms with Crippen LogP contribution in [0, 0.1) is 17.3 Å². The van der Waals surface area contributed by atoms with E-state index in [2.05, 4.69) is 13.8 Å². The zero-order chi connectivity index (χ0) is 6.65. The summed E-state index contributed by atoms with van der Waals surface area (Å²) in [5, 5.41) is 0. The third kappa shape index (κ3) is 0.440. The Hall–Kier alpha value is -0.330. The van der Waals surface area contributed by atoms with Gasteiger partial charge in [0.15, 0.2) is 0 Å². The fraction of sp³-hybridized carbons (Fsp3) is 0.875. The smallest absolute Gasteiger partial charge is 0.141 e. The molecule has 3 aliphatic rings. The molecule has 0 radical (unpaired) electrons. The van der Waals surface area contributed by atoms with Gasteiger partial charge in [0.2, 0.25) is 0 Å². The highest BCUT2D eigenvalue weighted by molar-refractivity contribution is 5.91. The second-order valence-corrected chi connectivity index (χ2v) is 3.95. The van der Waals surface area contributed by atoms with Crippen molar-refractivity contribution in [3.63, 3.8) is 0 Å². The molecule has 3 rings (SSSR count). The fourth-order valence-electron chi connectivity index (χ4n) is 2.15. The molecule has 0 aromatic carbocycles. The first-order valence-corrected chi connectivity index (χ1v) is 3.66. The Morgan fingerprint density at radius 1 is 1.44 bits per heavy atom. The quantitative estimate of drug-likeness (QED) is 0.479. The Balaban J connectivity index is 2.36. The minimum Gasteiger partial charge on any atom is -0.299 e. The van der Waals surface area contributed by atoms with Crippen molar-refractivity contribution in [2.75, 3.05) is 0 Å². The van der Waals surface area contributed by atoms with E-state index in [0.717, 1.165) is 5.92 Å². The average Bonchev–Trinajstić information content (AvgIpc) is 1.84. The molecular weight excluding hydrogens is 112 g/mol. The molecule has 1 heteroatoms. The lowest BCUT2D eigenvalue weighted by Gasteiger charge is -2.26. The number of carbonyl (C=O) groups excluding carboxylic acids is 1. The van der Waals surface area contributed by atoms with E-state index >= 15 is 0 Å². The predicted molar refractivity (Wildman–Crippen MR) is 35.0 cm³/mol. The standard InChI is InChI=1S/C8H12O/c1-8(2)6-3-5(4-6)7(8)9/h5-6H,3-4H2,1-2H3. The highest BCUT2D eigenvalue weighted by Gasteiger charge is 2.56. The lowest BCUT2D eigenvalue weighted by Crippen LogP contribution is -2.20. The number of fused-ring (bicyclic) bond motifs is 1. The Morgan fingerprint density at radius 2 is 2.00 bits per heavy atom. The molecule has 0 saturated heterocycles. The minimum absolute atomic E-state index is 0.0463. The van der Waals surface area contributed by atoms with Crippen LogP contribution in [-0.2, 0) is 4.79 Å². The van der Waals surface area contributed by atoms with Crippen molar-refractivity contribution in [3.05, 3.63) is 0 Å². The number of Topliss-reactive ketones (excluding diaryl/α,β-unsaturated/α-hetero) is 1. The molecule has 2 bridgehead atoms. The Labute approximate surface area is 55.4 Å². The normalized spacial score (nSPS) is 44.9. The summed E-state index contributed by atoms with van der Waals surface area (Å²) in [7, 11) is 0. The maximum absolute atomic E-state index is 11.3. The largest absolute Gasteiger partial charge is 0.299 e. The Bertz CT molecular complexity index is 163. The highest BCUT2D eigenvalue weighted by atomic mass is 16.1. The van der Waals surface area contributed by atoms with Crippen LogP contribution in [0.3, 0.4) is 0 Å². The molecule has 0 atom stereocenters. The molecule has 3 fully saturated rings. The van der Waals surface area contributed by atoms with Crippen LogP contribution >= 0.6 is 0 Å². The number of carbonyl (C=O) groups is 1. The summed E-state index contributed by atoms with van der Waals surface area (Å²) in [6, 6.07) is 0. The molecule has 0 N–H and O–H groups in total. The van der Waals surface area contributed by atoms with Crippen molar-refractivity contribution in [2.45, 2.75) is 26.7 Å². The summed E-state index contributed by atoms with van der Waals surface area (Å²) in [6.45, 7) is 4.18. The predicted octanol–water partition coefficient (Wildman–Crippen LogP) is 1.62. The Morgan fingerprint density at radius 3 is 2.11 bits per heavy atom. The van der Waals surface area contributed by atoms with Crippen molar-refractivity contribution in [3.8, 4) is 0 Å². The zero-order valence-electron chi connectivity index (χ0n) is 5.98. The molecule has 0 amide bonds. The van der Waals surface area contributed by atoms with Crippen molar-refractivity contribution >= 4 is 5.78 Å². The van der Waals surface area contributed by atoms with Crippen LogP contribution in [-0.4, -0.2) is 5.78 Å². The van der Waals surface area contributed by atoms with E-state index < -0.39 is 0 Å². The third-order valence-electron chi connectivity index (χ3n) is 3.16. The van der Waals surface area contributed by atoms with Gasteiger partial charge in [-0.3, -0.25) is 4.79 Å². The van der Waals surface area contributed by atoms with E-state index in [4.69, 9.17) is 0 Å². The van der Waals surface area contributed by atoms with Crippen LogP contribution in [0.15, 0.2) is 0 Å². The van der Waals surface area contributed by atoms with Crippen molar-refractivity contribution < 1.29 is 4.79 Å². The summed E-state index contributed by atoms with van der Waals surface area (Å²) in [5.41, 5.74) is 0.0463. The van der Waals surface area contributed by atoms with Gasteiger partial charge in [0, 0.05) is 11.3 Å². The molecule has 0 spiro atoms. The van der Waals surface area contributed by atoms with Crippen LogP contribution in [0.25, 0.3) is 0 Å². The highest BCUT2D eigenvalue weighted by Crippen LogP contribution is 2.56. The summed E-state index contributed by atoms with van der Waals surface area (Å²) in [5.74, 6) is 1.72. The topological polar surface area (TPSA) is 17.1 Å². The second-order valence-electron chi connectivity index (χ2n) is 3.95. The van der Waals surface area contributed by atoms with Gasteiger partial charge in [-0.25, -0.2) is 0 Å². The molecule has 0 aromatic rings. The summed E-state index contributed by atoms with van der Waals surface area (Å²) < 4.78 is 0. The molecule has 3 saturated carbocycles. The lowest BCUT2D eigenvalue weighted by atomic mass is 9.77. The third-order valence-corrected chi connectivity index (χ3v) is 3.16. The molecule has 9 heavy (non-hydrogen) atoms. The van der Waals surface area contributed by atoms with Crippen LogP contribution in [0.5, 0.6) is 0 Å². The molecule has 1 nitrogen and oxygen atoms in total. The SMILES string of the molecule is CC1(C)C(=O)C2CC1C2. The molecular formula is C8H12O. The van der Waals surface area contributed by atoms with E-state index in [1.807, 2.05) is 0 Å². The number of ketones is 1. The van der Waals surface area contributed by atoms with Gasteiger partial charge in [-0.2, -0.15) is 0 Å². The van der Waals surface area contributed by atoms with Gasteiger partial charge in [0.05, 0.1) is 0 Å². The Kier molecular flexibility index (Phi) is 0.744. The number of hydrogen-bond acceptors (Lipinski definition) is 1. The van der Waals surface area contributed by atoms with Crippen LogP contribution in [0.4, 0.5) is 0 Å². The molecule has 0 heterocycles. The lowest BCUT2D eigenvalue weighted by molar-refractivity contribution is -0.125. The zero-order valence-corrected chi connectivity index (χ0v) is 5.98. The van der Waals surface area contributed by atoms with Crippen molar-refractivity contribution in [1.29, 1.82) is 0 Å². The maximum Gasteiger partial charge on any atom is 0.141 e. The molecule has 50 valence electrons. The number of rotatable bonds is 0. The molecule has 0 aliphatic heterocycles.